The third-order valence-electron chi connectivity index (χ3n) is 1.85. The van der Waals surface area contributed by atoms with Crippen LogP contribution < -0.4 is 10.6 Å². The van der Waals surface area contributed by atoms with Gasteiger partial charge in [0.05, 0.1) is 10.3 Å². The number of hydrogen-bond acceptors (Lipinski definition) is 3. The summed E-state index contributed by atoms with van der Waals surface area (Å²) in [7, 11) is 0. The Morgan fingerprint density at radius 3 is 2.81 bits per heavy atom. The van der Waals surface area contributed by atoms with Crippen molar-refractivity contribution in [2.75, 3.05) is 13.1 Å². The second-order valence-electron chi connectivity index (χ2n) is 3.29. The predicted molar refractivity (Wildman–Crippen MR) is 74.7 cm³/mol. The van der Waals surface area contributed by atoms with Crippen molar-refractivity contribution in [3.63, 3.8) is 0 Å². The van der Waals surface area contributed by atoms with Gasteiger partial charge < -0.3 is 10.6 Å². The molecule has 0 bridgehead atoms. The first-order valence-corrected chi connectivity index (χ1v) is 7.45. The molecule has 0 saturated carbocycles. The standard InChI is InChI=1S/C10H14Br2N2OS/c1-2-3-14-9(15)6-13-5-7-4-8(11)10(12)16-7/h4,13H,2-3,5-6H2,1H3,(H,14,15). The van der Waals surface area contributed by atoms with Crippen LogP contribution >= 0.6 is 43.2 Å². The predicted octanol–water partition coefficient (Wildman–Crippen LogP) is 2.89. The minimum Gasteiger partial charge on any atom is -0.355 e. The summed E-state index contributed by atoms with van der Waals surface area (Å²) in [6.45, 7) is 3.87. The van der Waals surface area contributed by atoms with Gasteiger partial charge in [-0.2, -0.15) is 0 Å². The number of amides is 1. The number of carbonyl (C=O) groups excluding carboxylic acids is 1. The summed E-state index contributed by atoms with van der Waals surface area (Å²) in [5, 5.41) is 5.93. The Hall–Kier alpha value is 0.0900. The van der Waals surface area contributed by atoms with Crippen LogP contribution in [0.15, 0.2) is 14.3 Å². The quantitative estimate of drug-likeness (QED) is 0.809. The van der Waals surface area contributed by atoms with Gasteiger partial charge in [0.25, 0.3) is 0 Å². The lowest BCUT2D eigenvalue weighted by atomic mass is 10.4. The molecule has 1 heterocycles. The van der Waals surface area contributed by atoms with Crippen LogP contribution in [-0.2, 0) is 11.3 Å². The highest BCUT2D eigenvalue weighted by Crippen LogP contribution is 2.32. The number of carbonyl (C=O) groups is 1. The summed E-state index contributed by atoms with van der Waals surface area (Å²) in [6.07, 6.45) is 0.969. The van der Waals surface area contributed by atoms with Crippen LogP contribution in [0.4, 0.5) is 0 Å². The Morgan fingerprint density at radius 1 is 1.50 bits per heavy atom. The number of halogens is 2. The van der Waals surface area contributed by atoms with Gasteiger partial charge >= 0.3 is 0 Å². The zero-order chi connectivity index (χ0) is 12.0. The molecule has 0 atom stereocenters. The van der Waals surface area contributed by atoms with Crippen molar-refractivity contribution in [3.8, 4) is 0 Å². The van der Waals surface area contributed by atoms with Crippen molar-refractivity contribution < 1.29 is 4.79 Å². The van der Waals surface area contributed by atoms with Gasteiger partial charge in [-0.15, -0.1) is 11.3 Å². The summed E-state index contributed by atoms with van der Waals surface area (Å²) >= 11 is 8.52. The molecule has 6 heteroatoms. The molecule has 1 rings (SSSR count). The van der Waals surface area contributed by atoms with Crippen LogP contribution in [0.25, 0.3) is 0 Å². The first kappa shape index (κ1) is 14.2. The molecule has 1 aromatic rings. The van der Waals surface area contributed by atoms with Gasteiger partial charge in [0.1, 0.15) is 0 Å². The maximum atomic E-state index is 11.3. The molecule has 0 unspecified atom stereocenters. The average Bonchev–Trinajstić information content (AvgIpc) is 2.55. The van der Waals surface area contributed by atoms with Crippen molar-refractivity contribution in [3.05, 3.63) is 19.2 Å². The van der Waals surface area contributed by atoms with E-state index >= 15 is 0 Å². The monoisotopic (exact) mass is 368 g/mol. The molecule has 90 valence electrons. The Bertz CT molecular complexity index is 335. The molecule has 0 spiro atoms. The molecule has 1 amide bonds. The van der Waals surface area contributed by atoms with Gasteiger partial charge in [-0.3, -0.25) is 4.79 Å². The van der Waals surface area contributed by atoms with Crippen LogP contribution in [0.3, 0.4) is 0 Å². The molecular formula is C10H14Br2N2OS. The Balaban J connectivity index is 2.22. The van der Waals surface area contributed by atoms with Crippen LogP contribution in [0.5, 0.6) is 0 Å². The minimum atomic E-state index is 0.0523. The minimum absolute atomic E-state index is 0.0523. The highest BCUT2D eigenvalue weighted by Gasteiger charge is 2.04. The van der Waals surface area contributed by atoms with E-state index in [1.54, 1.807) is 11.3 Å². The van der Waals surface area contributed by atoms with Crippen molar-refractivity contribution >= 4 is 49.1 Å². The molecular weight excluding hydrogens is 356 g/mol. The molecule has 1 aromatic heterocycles. The lowest BCUT2D eigenvalue weighted by Crippen LogP contribution is -2.33. The van der Waals surface area contributed by atoms with E-state index < -0.39 is 0 Å². The highest BCUT2D eigenvalue weighted by atomic mass is 79.9. The normalized spacial score (nSPS) is 10.4. The van der Waals surface area contributed by atoms with Crippen molar-refractivity contribution in [1.82, 2.24) is 10.6 Å². The zero-order valence-corrected chi connectivity index (χ0v) is 13.0. The summed E-state index contributed by atoms with van der Waals surface area (Å²) in [5.41, 5.74) is 0. The third kappa shape index (κ3) is 4.95. The van der Waals surface area contributed by atoms with Crippen LogP contribution in [0.1, 0.15) is 18.2 Å². The maximum absolute atomic E-state index is 11.3. The SMILES string of the molecule is CCCNC(=O)CNCc1cc(Br)c(Br)s1. The van der Waals surface area contributed by atoms with Crippen molar-refractivity contribution in [2.45, 2.75) is 19.9 Å². The number of nitrogens with one attached hydrogen (secondary N) is 2. The molecule has 0 fully saturated rings. The lowest BCUT2D eigenvalue weighted by molar-refractivity contribution is -0.120. The number of thiophene rings is 1. The molecule has 0 radical (unpaired) electrons. The first-order valence-electron chi connectivity index (χ1n) is 5.04. The fourth-order valence-electron chi connectivity index (χ4n) is 1.10. The Morgan fingerprint density at radius 2 is 2.25 bits per heavy atom. The zero-order valence-electron chi connectivity index (χ0n) is 8.98. The van der Waals surface area contributed by atoms with Crippen LogP contribution in [0.2, 0.25) is 0 Å². The second kappa shape index (κ2) is 7.42. The van der Waals surface area contributed by atoms with Gasteiger partial charge in [0.15, 0.2) is 0 Å². The average molecular weight is 370 g/mol. The van der Waals surface area contributed by atoms with Crippen LogP contribution in [0, 0.1) is 0 Å². The lowest BCUT2D eigenvalue weighted by Gasteiger charge is -2.04. The molecule has 3 nitrogen and oxygen atoms in total. The summed E-state index contributed by atoms with van der Waals surface area (Å²) < 4.78 is 2.14. The van der Waals surface area contributed by atoms with Crippen molar-refractivity contribution in [2.24, 2.45) is 0 Å². The molecule has 0 aliphatic carbocycles. The first-order chi connectivity index (χ1) is 7.63. The van der Waals surface area contributed by atoms with Gasteiger partial charge in [-0.1, -0.05) is 6.92 Å². The van der Waals surface area contributed by atoms with E-state index in [1.807, 2.05) is 13.0 Å². The van der Waals surface area contributed by atoms with Gasteiger partial charge in [0, 0.05) is 22.4 Å². The fourth-order valence-corrected chi connectivity index (χ4v) is 3.25. The molecule has 0 aliphatic rings. The Labute approximate surface area is 116 Å². The highest BCUT2D eigenvalue weighted by molar-refractivity contribution is 9.13. The van der Waals surface area contributed by atoms with E-state index in [4.69, 9.17) is 0 Å². The third-order valence-corrected chi connectivity index (χ3v) is 5.11. The molecule has 2 N–H and O–H groups in total. The van der Waals surface area contributed by atoms with Crippen molar-refractivity contribution in [1.29, 1.82) is 0 Å². The van der Waals surface area contributed by atoms with E-state index in [-0.39, 0.29) is 5.91 Å². The maximum Gasteiger partial charge on any atom is 0.233 e. The summed E-state index contributed by atoms with van der Waals surface area (Å²) in [4.78, 5) is 12.5. The largest absolute Gasteiger partial charge is 0.355 e. The fraction of sp³-hybridized carbons (Fsp3) is 0.500. The van der Waals surface area contributed by atoms with E-state index in [2.05, 4.69) is 42.5 Å². The number of hydrogen-bond donors (Lipinski definition) is 2. The molecule has 0 aromatic carbocycles. The summed E-state index contributed by atoms with van der Waals surface area (Å²) in [6, 6.07) is 2.05. The smallest absolute Gasteiger partial charge is 0.233 e. The Kier molecular flexibility index (Phi) is 6.57. The van der Waals surface area contributed by atoms with Gasteiger partial charge in [-0.05, 0) is 44.3 Å². The van der Waals surface area contributed by atoms with E-state index in [9.17, 15) is 4.79 Å². The van der Waals surface area contributed by atoms with E-state index in [1.165, 1.54) is 4.88 Å². The summed E-state index contributed by atoms with van der Waals surface area (Å²) in [5.74, 6) is 0.0523. The molecule has 16 heavy (non-hydrogen) atoms. The van der Waals surface area contributed by atoms with Gasteiger partial charge in [-0.25, -0.2) is 0 Å². The van der Waals surface area contributed by atoms with Gasteiger partial charge in [0.2, 0.25) is 5.91 Å². The van der Waals surface area contributed by atoms with E-state index in [0.29, 0.717) is 13.1 Å². The topological polar surface area (TPSA) is 41.1 Å². The molecule has 0 aliphatic heterocycles. The second-order valence-corrected chi connectivity index (χ2v) is 6.60. The number of rotatable bonds is 6. The van der Waals surface area contributed by atoms with Crippen LogP contribution in [-0.4, -0.2) is 19.0 Å². The molecule has 0 saturated heterocycles. The van der Waals surface area contributed by atoms with E-state index in [0.717, 1.165) is 21.2 Å².